The molecule has 0 amide bonds. The SMILES string of the molecule is CCCCCCCCOc1ccnc(NN)c1. The predicted molar refractivity (Wildman–Crippen MR) is 70.9 cm³/mol. The highest BCUT2D eigenvalue weighted by Gasteiger charge is 1.96. The average molecular weight is 237 g/mol. The van der Waals surface area contributed by atoms with Gasteiger partial charge in [-0.25, -0.2) is 10.8 Å². The second-order valence-electron chi connectivity index (χ2n) is 4.14. The molecule has 96 valence electrons. The van der Waals surface area contributed by atoms with Crippen LogP contribution < -0.4 is 16.0 Å². The van der Waals surface area contributed by atoms with E-state index in [2.05, 4.69) is 17.3 Å². The zero-order chi connectivity index (χ0) is 12.3. The molecule has 0 atom stereocenters. The van der Waals surface area contributed by atoms with Crippen molar-refractivity contribution in [3.8, 4) is 5.75 Å². The summed E-state index contributed by atoms with van der Waals surface area (Å²) in [5.41, 5.74) is 2.50. The van der Waals surface area contributed by atoms with Gasteiger partial charge >= 0.3 is 0 Å². The van der Waals surface area contributed by atoms with Crippen LogP contribution in [-0.2, 0) is 0 Å². The number of hydrogen-bond donors (Lipinski definition) is 2. The van der Waals surface area contributed by atoms with Gasteiger partial charge in [0.15, 0.2) is 0 Å². The van der Waals surface area contributed by atoms with E-state index in [-0.39, 0.29) is 0 Å². The molecular formula is C13H23N3O. The molecule has 0 fully saturated rings. The molecule has 3 N–H and O–H groups in total. The van der Waals surface area contributed by atoms with Gasteiger partial charge in [-0.3, -0.25) is 0 Å². The quantitative estimate of drug-likeness (QED) is 0.393. The van der Waals surface area contributed by atoms with E-state index < -0.39 is 0 Å². The highest BCUT2D eigenvalue weighted by molar-refractivity contribution is 5.39. The molecule has 1 rings (SSSR count). The van der Waals surface area contributed by atoms with E-state index in [0.29, 0.717) is 5.82 Å². The maximum absolute atomic E-state index is 5.62. The third kappa shape index (κ3) is 6.12. The van der Waals surface area contributed by atoms with Crippen LogP contribution in [0.3, 0.4) is 0 Å². The molecule has 0 unspecified atom stereocenters. The van der Waals surface area contributed by atoms with Crippen molar-refractivity contribution in [2.45, 2.75) is 45.4 Å². The Bertz CT molecular complexity index is 304. The number of ether oxygens (including phenoxy) is 1. The predicted octanol–water partition coefficient (Wildman–Crippen LogP) is 3.11. The smallest absolute Gasteiger partial charge is 0.143 e. The molecule has 4 nitrogen and oxygen atoms in total. The van der Waals surface area contributed by atoms with Gasteiger partial charge in [0.2, 0.25) is 0 Å². The molecule has 4 heteroatoms. The van der Waals surface area contributed by atoms with Gasteiger partial charge in [0.25, 0.3) is 0 Å². The summed E-state index contributed by atoms with van der Waals surface area (Å²) in [6.07, 6.45) is 9.32. The van der Waals surface area contributed by atoms with E-state index in [9.17, 15) is 0 Å². The van der Waals surface area contributed by atoms with Crippen molar-refractivity contribution >= 4 is 5.82 Å². The number of aromatic nitrogens is 1. The van der Waals surface area contributed by atoms with Crippen LogP contribution in [0.4, 0.5) is 5.82 Å². The van der Waals surface area contributed by atoms with Gasteiger partial charge < -0.3 is 10.2 Å². The Morgan fingerprint density at radius 1 is 1.24 bits per heavy atom. The summed E-state index contributed by atoms with van der Waals surface area (Å²) in [5.74, 6) is 6.72. The monoisotopic (exact) mass is 237 g/mol. The van der Waals surface area contributed by atoms with Crippen molar-refractivity contribution in [2.24, 2.45) is 5.84 Å². The Balaban J connectivity index is 2.09. The number of unbranched alkanes of at least 4 members (excludes halogenated alkanes) is 5. The number of anilines is 1. The van der Waals surface area contributed by atoms with Crippen LogP contribution in [0.2, 0.25) is 0 Å². The first-order chi connectivity index (χ1) is 8.36. The largest absolute Gasteiger partial charge is 0.493 e. The van der Waals surface area contributed by atoms with E-state index in [1.54, 1.807) is 12.3 Å². The topological polar surface area (TPSA) is 60.2 Å². The Hall–Kier alpha value is -1.29. The highest BCUT2D eigenvalue weighted by Crippen LogP contribution is 2.14. The zero-order valence-electron chi connectivity index (χ0n) is 10.6. The van der Waals surface area contributed by atoms with Crippen molar-refractivity contribution in [1.29, 1.82) is 0 Å². The van der Waals surface area contributed by atoms with E-state index >= 15 is 0 Å². The number of pyridine rings is 1. The lowest BCUT2D eigenvalue weighted by atomic mass is 10.1. The molecule has 0 aromatic carbocycles. The van der Waals surface area contributed by atoms with Crippen molar-refractivity contribution in [3.05, 3.63) is 18.3 Å². The summed E-state index contributed by atoms with van der Waals surface area (Å²) in [4.78, 5) is 4.02. The second kappa shape index (κ2) is 8.82. The third-order valence-electron chi connectivity index (χ3n) is 2.65. The number of nitrogen functional groups attached to an aromatic ring is 1. The lowest BCUT2D eigenvalue weighted by Crippen LogP contribution is -2.08. The van der Waals surface area contributed by atoms with E-state index in [0.717, 1.165) is 18.8 Å². The first-order valence-electron chi connectivity index (χ1n) is 6.42. The van der Waals surface area contributed by atoms with Gasteiger partial charge in [-0.15, -0.1) is 0 Å². The van der Waals surface area contributed by atoms with Gasteiger partial charge in [-0.05, 0) is 12.5 Å². The van der Waals surface area contributed by atoms with Crippen LogP contribution >= 0.6 is 0 Å². The standard InChI is InChI=1S/C13H23N3O/c1-2-3-4-5-6-7-10-17-12-8-9-15-13(11-12)16-14/h8-9,11H,2-7,10,14H2,1H3,(H,15,16). The van der Waals surface area contributed by atoms with Gasteiger partial charge in [0.1, 0.15) is 11.6 Å². The van der Waals surface area contributed by atoms with Gasteiger partial charge in [-0.1, -0.05) is 39.0 Å². The molecular weight excluding hydrogens is 214 g/mol. The molecule has 0 spiro atoms. The zero-order valence-corrected chi connectivity index (χ0v) is 10.6. The summed E-state index contributed by atoms with van der Waals surface area (Å²) in [6.45, 7) is 3.00. The Labute approximate surface area is 104 Å². The van der Waals surface area contributed by atoms with Crippen molar-refractivity contribution in [1.82, 2.24) is 4.98 Å². The fourth-order valence-corrected chi connectivity index (χ4v) is 1.65. The van der Waals surface area contributed by atoms with Crippen LogP contribution in [0.5, 0.6) is 5.75 Å². The van der Waals surface area contributed by atoms with Crippen molar-refractivity contribution in [3.63, 3.8) is 0 Å². The number of nitrogens with one attached hydrogen (secondary N) is 1. The molecule has 0 saturated carbocycles. The van der Waals surface area contributed by atoms with E-state index in [1.165, 1.54) is 32.1 Å². The molecule has 1 aromatic rings. The first-order valence-corrected chi connectivity index (χ1v) is 6.42. The fraction of sp³-hybridized carbons (Fsp3) is 0.615. The van der Waals surface area contributed by atoms with Crippen LogP contribution in [0, 0.1) is 0 Å². The Morgan fingerprint density at radius 3 is 2.76 bits per heavy atom. The average Bonchev–Trinajstić information content (AvgIpc) is 2.38. The molecule has 1 aromatic heterocycles. The van der Waals surface area contributed by atoms with Crippen LogP contribution in [0.15, 0.2) is 18.3 Å². The molecule has 0 radical (unpaired) electrons. The minimum Gasteiger partial charge on any atom is -0.493 e. The number of nitrogens with zero attached hydrogens (tertiary/aromatic N) is 1. The maximum atomic E-state index is 5.62. The second-order valence-corrected chi connectivity index (χ2v) is 4.14. The molecule has 0 aliphatic rings. The minimum absolute atomic E-state index is 0.630. The maximum Gasteiger partial charge on any atom is 0.143 e. The molecule has 0 aliphatic carbocycles. The third-order valence-corrected chi connectivity index (χ3v) is 2.65. The summed E-state index contributed by atoms with van der Waals surface area (Å²) in [6, 6.07) is 3.65. The number of rotatable bonds is 9. The van der Waals surface area contributed by atoms with Crippen LogP contribution in [-0.4, -0.2) is 11.6 Å². The Morgan fingerprint density at radius 2 is 2.00 bits per heavy atom. The van der Waals surface area contributed by atoms with Gasteiger partial charge in [-0.2, -0.15) is 0 Å². The van der Waals surface area contributed by atoms with E-state index in [1.807, 2.05) is 6.07 Å². The summed E-state index contributed by atoms with van der Waals surface area (Å²) in [7, 11) is 0. The number of nitrogens with two attached hydrogens (primary N) is 1. The first kappa shape index (κ1) is 13.8. The van der Waals surface area contributed by atoms with Gasteiger partial charge in [0.05, 0.1) is 6.61 Å². The van der Waals surface area contributed by atoms with Gasteiger partial charge in [0, 0.05) is 12.3 Å². The highest BCUT2D eigenvalue weighted by atomic mass is 16.5. The van der Waals surface area contributed by atoms with Crippen LogP contribution in [0.25, 0.3) is 0 Å². The summed E-state index contributed by atoms with van der Waals surface area (Å²) < 4.78 is 5.62. The molecule has 0 bridgehead atoms. The lowest BCUT2D eigenvalue weighted by molar-refractivity contribution is 0.304. The normalized spacial score (nSPS) is 10.2. The van der Waals surface area contributed by atoms with Crippen LogP contribution in [0.1, 0.15) is 45.4 Å². The molecule has 0 aliphatic heterocycles. The molecule has 1 heterocycles. The van der Waals surface area contributed by atoms with E-state index in [4.69, 9.17) is 10.6 Å². The Kier molecular flexibility index (Phi) is 7.14. The summed E-state index contributed by atoms with van der Waals surface area (Å²) >= 11 is 0. The molecule has 17 heavy (non-hydrogen) atoms. The fourth-order valence-electron chi connectivity index (χ4n) is 1.65. The molecule has 0 saturated heterocycles. The minimum atomic E-state index is 0.630. The van der Waals surface area contributed by atoms with Crippen molar-refractivity contribution in [2.75, 3.05) is 12.0 Å². The van der Waals surface area contributed by atoms with Crippen molar-refractivity contribution < 1.29 is 4.74 Å². The number of hydrazine groups is 1. The number of hydrogen-bond acceptors (Lipinski definition) is 4. The lowest BCUT2D eigenvalue weighted by Gasteiger charge is -2.07. The summed E-state index contributed by atoms with van der Waals surface area (Å²) in [5, 5.41) is 0.